The fourth-order valence-electron chi connectivity index (χ4n) is 4.38. The van der Waals surface area contributed by atoms with E-state index >= 15 is 0 Å². The lowest BCUT2D eigenvalue weighted by atomic mass is 9.96. The summed E-state index contributed by atoms with van der Waals surface area (Å²) in [5.74, 6) is 0.305. The lowest BCUT2D eigenvalue weighted by molar-refractivity contribution is -0.143. The Hall–Kier alpha value is -2.79. The number of anilines is 2. The normalized spacial score (nSPS) is 13.3. The molecule has 208 valence electrons. The smallest absolute Gasteiger partial charge is 0.368 e. The number of benzene rings is 2. The van der Waals surface area contributed by atoms with E-state index in [4.69, 9.17) is 17.3 Å². The average molecular weight is 562 g/mol. The zero-order valence-electron chi connectivity index (χ0n) is 21.3. The van der Waals surface area contributed by atoms with E-state index in [1.54, 1.807) is 0 Å². The van der Waals surface area contributed by atoms with Crippen molar-refractivity contribution in [3.05, 3.63) is 57.6 Å². The van der Waals surface area contributed by atoms with Gasteiger partial charge in [0.2, 0.25) is 5.95 Å². The summed E-state index contributed by atoms with van der Waals surface area (Å²) < 4.78 is 80.4. The molecule has 0 aliphatic carbocycles. The van der Waals surface area contributed by atoms with Crippen LogP contribution in [0.15, 0.2) is 30.3 Å². The topological polar surface area (TPSA) is 67.1 Å². The molecule has 0 radical (unpaired) electrons. The molecule has 3 aromatic rings. The molecule has 0 amide bonds. The van der Waals surface area contributed by atoms with Gasteiger partial charge in [0.1, 0.15) is 5.82 Å². The first kappa shape index (κ1) is 29.8. The maximum atomic E-state index is 13.4. The van der Waals surface area contributed by atoms with E-state index in [1.165, 1.54) is 12.1 Å². The van der Waals surface area contributed by atoms with Crippen LogP contribution in [0.5, 0.6) is 0 Å². The molecule has 5 nitrogen and oxygen atoms in total. The number of hydrogen-bond acceptors (Lipinski definition) is 5. The Kier molecular flexibility index (Phi) is 9.35. The number of halogens is 7. The molecule has 3 N–H and O–H groups in total. The van der Waals surface area contributed by atoms with Crippen molar-refractivity contribution in [3.63, 3.8) is 0 Å². The molecular formula is C26H30ClF6N5. The fraction of sp³-hybridized carbons (Fsp3) is 0.462. The molecule has 0 saturated carbocycles. The predicted octanol–water partition coefficient (Wildman–Crippen LogP) is 7.42. The van der Waals surface area contributed by atoms with Crippen molar-refractivity contribution in [1.82, 2.24) is 14.9 Å². The van der Waals surface area contributed by atoms with Crippen molar-refractivity contribution < 1.29 is 26.3 Å². The lowest BCUT2D eigenvalue weighted by Crippen LogP contribution is -2.26. The van der Waals surface area contributed by atoms with Crippen LogP contribution in [-0.2, 0) is 18.8 Å². The van der Waals surface area contributed by atoms with Crippen LogP contribution in [0.2, 0.25) is 5.02 Å². The first-order chi connectivity index (χ1) is 17.7. The minimum Gasteiger partial charge on any atom is -0.368 e. The van der Waals surface area contributed by atoms with Gasteiger partial charge in [0.15, 0.2) is 0 Å². The summed E-state index contributed by atoms with van der Waals surface area (Å²) in [6.45, 7) is 8.96. The second-order valence-electron chi connectivity index (χ2n) is 9.19. The molecule has 0 aliphatic rings. The van der Waals surface area contributed by atoms with Crippen molar-refractivity contribution in [2.45, 2.75) is 58.4 Å². The van der Waals surface area contributed by atoms with E-state index in [1.807, 2.05) is 6.92 Å². The Balaban J connectivity index is 2.01. The Morgan fingerprint density at radius 2 is 1.55 bits per heavy atom. The standard InChI is InChI=1S/C26H30ClF6N5/c1-4-38(5-2)8-6-7-15(3)35-23-22-17(12-20(27)14-21(22)36-24(34)37-23)9-16-10-18(25(28,29)30)13-19(11-16)26(31,32)33/h10-15H,4-9H2,1-3H3,(H3,34,35,36,37). The van der Waals surface area contributed by atoms with Gasteiger partial charge >= 0.3 is 12.4 Å². The molecule has 1 unspecified atom stereocenters. The van der Waals surface area contributed by atoms with E-state index in [9.17, 15) is 26.3 Å². The van der Waals surface area contributed by atoms with Crippen molar-refractivity contribution >= 4 is 34.3 Å². The number of alkyl halides is 6. The molecular weight excluding hydrogens is 532 g/mol. The second-order valence-corrected chi connectivity index (χ2v) is 9.63. The molecule has 1 atom stereocenters. The average Bonchev–Trinajstić information content (AvgIpc) is 2.80. The van der Waals surface area contributed by atoms with Gasteiger partial charge in [-0.1, -0.05) is 25.4 Å². The Labute approximate surface area is 222 Å². The Morgan fingerprint density at radius 1 is 0.947 bits per heavy atom. The summed E-state index contributed by atoms with van der Waals surface area (Å²) in [6, 6.07) is 4.51. The summed E-state index contributed by atoms with van der Waals surface area (Å²) in [5, 5.41) is 3.95. The number of rotatable bonds is 10. The van der Waals surface area contributed by atoms with Gasteiger partial charge in [-0.2, -0.15) is 31.3 Å². The molecule has 0 saturated heterocycles. The van der Waals surface area contributed by atoms with Gasteiger partial charge in [0, 0.05) is 16.5 Å². The highest BCUT2D eigenvalue weighted by Crippen LogP contribution is 2.38. The lowest BCUT2D eigenvalue weighted by Gasteiger charge is -2.21. The van der Waals surface area contributed by atoms with Crippen LogP contribution in [-0.4, -0.2) is 40.5 Å². The van der Waals surface area contributed by atoms with Crippen LogP contribution >= 0.6 is 11.6 Å². The summed E-state index contributed by atoms with van der Waals surface area (Å²) in [5.41, 5.74) is 3.67. The van der Waals surface area contributed by atoms with Gasteiger partial charge < -0.3 is 16.0 Å². The molecule has 0 spiro atoms. The van der Waals surface area contributed by atoms with Gasteiger partial charge in [0.25, 0.3) is 0 Å². The quantitative estimate of drug-likeness (QED) is 0.252. The highest BCUT2D eigenvalue weighted by molar-refractivity contribution is 6.31. The zero-order valence-corrected chi connectivity index (χ0v) is 22.0. The maximum Gasteiger partial charge on any atom is 0.416 e. The molecule has 0 aliphatic heterocycles. The summed E-state index contributed by atoms with van der Waals surface area (Å²) >= 11 is 6.25. The number of nitrogen functional groups attached to an aromatic ring is 1. The van der Waals surface area contributed by atoms with E-state index < -0.39 is 23.5 Å². The van der Waals surface area contributed by atoms with Crippen LogP contribution in [0.3, 0.4) is 0 Å². The van der Waals surface area contributed by atoms with Gasteiger partial charge in [-0.25, -0.2) is 4.98 Å². The van der Waals surface area contributed by atoms with E-state index in [2.05, 4.69) is 34.0 Å². The molecule has 1 aromatic heterocycles. The van der Waals surface area contributed by atoms with Gasteiger partial charge in [-0.05, 0) is 87.3 Å². The number of nitrogens with zero attached hydrogens (tertiary/aromatic N) is 3. The fourth-order valence-corrected chi connectivity index (χ4v) is 4.61. The van der Waals surface area contributed by atoms with Crippen LogP contribution in [0, 0.1) is 0 Å². The summed E-state index contributed by atoms with van der Waals surface area (Å²) in [7, 11) is 0. The van der Waals surface area contributed by atoms with Gasteiger partial charge in [-0.15, -0.1) is 0 Å². The van der Waals surface area contributed by atoms with Crippen molar-refractivity contribution in [3.8, 4) is 0 Å². The number of fused-ring (bicyclic) bond motifs is 1. The third-order valence-corrected chi connectivity index (χ3v) is 6.51. The maximum absolute atomic E-state index is 13.4. The van der Waals surface area contributed by atoms with Crippen molar-refractivity contribution in [1.29, 1.82) is 0 Å². The third kappa shape index (κ3) is 7.63. The van der Waals surface area contributed by atoms with Crippen molar-refractivity contribution in [2.75, 3.05) is 30.7 Å². The highest BCUT2D eigenvalue weighted by atomic mass is 35.5. The number of aromatic nitrogens is 2. The highest BCUT2D eigenvalue weighted by Gasteiger charge is 2.37. The second kappa shape index (κ2) is 11.9. The monoisotopic (exact) mass is 561 g/mol. The van der Waals surface area contributed by atoms with Crippen LogP contribution in [0.4, 0.5) is 38.1 Å². The molecule has 1 heterocycles. The van der Waals surface area contributed by atoms with E-state index in [-0.39, 0.29) is 35.1 Å². The Morgan fingerprint density at radius 3 is 2.11 bits per heavy atom. The molecule has 3 rings (SSSR count). The molecule has 0 fully saturated rings. The summed E-state index contributed by atoms with van der Waals surface area (Å²) in [6.07, 6.45) is -8.44. The summed E-state index contributed by atoms with van der Waals surface area (Å²) in [4.78, 5) is 10.8. The van der Waals surface area contributed by atoms with Gasteiger partial charge in [0.05, 0.1) is 16.6 Å². The first-order valence-electron chi connectivity index (χ1n) is 12.2. The van der Waals surface area contributed by atoms with Gasteiger partial charge in [-0.3, -0.25) is 0 Å². The number of hydrogen-bond donors (Lipinski definition) is 2. The van der Waals surface area contributed by atoms with Crippen LogP contribution < -0.4 is 11.1 Å². The molecule has 2 aromatic carbocycles. The molecule has 12 heteroatoms. The van der Waals surface area contributed by atoms with Crippen molar-refractivity contribution in [2.24, 2.45) is 0 Å². The van der Waals surface area contributed by atoms with Crippen LogP contribution in [0.25, 0.3) is 10.9 Å². The van der Waals surface area contributed by atoms with E-state index in [0.717, 1.165) is 32.5 Å². The Bertz CT molecular complexity index is 1220. The number of nitrogens with one attached hydrogen (secondary N) is 1. The minimum absolute atomic E-state index is 0.0398. The zero-order chi connectivity index (χ0) is 28.3. The minimum atomic E-state index is -4.95. The van der Waals surface area contributed by atoms with Crippen LogP contribution in [0.1, 0.15) is 55.9 Å². The molecule has 0 bridgehead atoms. The first-order valence-corrected chi connectivity index (χ1v) is 12.6. The third-order valence-electron chi connectivity index (χ3n) is 6.29. The molecule has 38 heavy (non-hydrogen) atoms. The largest absolute Gasteiger partial charge is 0.416 e. The predicted molar refractivity (Wildman–Crippen MR) is 138 cm³/mol. The SMILES string of the molecule is CCN(CC)CCCC(C)Nc1nc(N)nc2cc(Cl)cc(Cc3cc(C(F)(F)F)cc(C(F)(F)F)c3)c12. The number of nitrogens with two attached hydrogens (primary N) is 1. The van der Waals surface area contributed by atoms with E-state index in [0.29, 0.717) is 34.4 Å².